The minimum absolute atomic E-state index is 0.0630. The van der Waals surface area contributed by atoms with Gasteiger partial charge in [-0.15, -0.1) is 0 Å². The van der Waals surface area contributed by atoms with Gasteiger partial charge in [-0.2, -0.15) is 0 Å². The van der Waals surface area contributed by atoms with E-state index in [1.807, 2.05) is 0 Å². The molecule has 0 N–H and O–H groups in total. The summed E-state index contributed by atoms with van der Waals surface area (Å²) in [5.41, 5.74) is -1.35. The van der Waals surface area contributed by atoms with Crippen molar-refractivity contribution in [1.29, 1.82) is 0 Å². The highest BCUT2D eigenvalue weighted by atomic mass is 16.6. The van der Waals surface area contributed by atoms with Crippen LogP contribution in [0.1, 0.15) is 20.8 Å². The lowest BCUT2D eigenvalue weighted by Crippen LogP contribution is -2.36. The van der Waals surface area contributed by atoms with Gasteiger partial charge in [0.2, 0.25) is 11.4 Å². The maximum atomic E-state index is 11.5. The molecule has 1 unspecified atom stereocenters. The lowest BCUT2D eigenvalue weighted by molar-refractivity contribution is -0.170. The van der Waals surface area contributed by atoms with E-state index >= 15 is 0 Å². The van der Waals surface area contributed by atoms with Gasteiger partial charge in [-0.25, -0.2) is 9.59 Å². The minimum Gasteiger partial charge on any atom is -0.487 e. The van der Waals surface area contributed by atoms with Crippen molar-refractivity contribution in [3.8, 4) is 0 Å². The zero-order valence-corrected chi connectivity index (χ0v) is 9.03. The van der Waals surface area contributed by atoms with Crippen molar-refractivity contribution in [3.63, 3.8) is 0 Å². The highest BCUT2D eigenvalue weighted by Gasteiger charge is 2.44. The Kier molecular flexibility index (Phi) is 3.34. The van der Waals surface area contributed by atoms with Gasteiger partial charge >= 0.3 is 11.9 Å². The number of carbonyl (C=O) groups excluding carboxylic acids is 2. The second kappa shape index (κ2) is 4.33. The molecule has 0 aliphatic carbocycles. The molecule has 1 heterocycles. The van der Waals surface area contributed by atoms with Crippen molar-refractivity contribution >= 4 is 11.9 Å². The van der Waals surface area contributed by atoms with Crippen LogP contribution < -0.4 is 0 Å². The van der Waals surface area contributed by atoms with Crippen LogP contribution >= 0.6 is 0 Å². The third-order valence-corrected chi connectivity index (χ3v) is 1.89. The second-order valence-electron chi connectivity index (χ2n) is 3.16. The molecule has 1 rings (SSSR count). The molecule has 1 aliphatic rings. The molecule has 0 aromatic heterocycles. The van der Waals surface area contributed by atoms with Crippen LogP contribution in [0.3, 0.4) is 0 Å². The van der Waals surface area contributed by atoms with Gasteiger partial charge in [-0.1, -0.05) is 0 Å². The summed E-state index contributed by atoms with van der Waals surface area (Å²) in [4.78, 5) is 22.7. The maximum Gasteiger partial charge on any atom is 0.374 e. The van der Waals surface area contributed by atoms with Crippen LogP contribution in [0.4, 0.5) is 0 Å². The van der Waals surface area contributed by atoms with Crippen LogP contribution in [0.2, 0.25) is 0 Å². The van der Waals surface area contributed by atoms with E-state index in [1.165, 1.54) is 13.0 Å². The monoisotopic (exact) mass is 214 g/mol. The fraction of sp³-hybridized carbons (Fsp3) is 0.600. The Balaban J connectivity index is 2.80. The quantitative estimate of drug-likeness (QED) is 0.647. The largest absolute Gasteiger partial charge is 0.487 e. The molecule has 15 heavy (non-hydrogen) atoms. The number of esters is 2. The fourth-order valence-electron chi connectivity index (χ4n) is 1.21. The Morgan fingerprint density at radius 3 is 2.67 bits per heavy atom. The Hall–Kier alpha value is -1.52. The van der Waals surface area contributed by atoms with Gasteiger partial charge in [-0.05, 0) is 20.8 Å². The van der Waals surface area contributed by atoms with E-state index < -0.39 is 17.5 Å². The summed E-state index contributed by atoms with van der Waals surface area (Å²) in [6.45, 7) is 5.48. The SMILES string of the molecule is CCOC(=O)C1(C)C=C(OCC)C(=O)O1. The summed E-state index contributed by atoms with van der Waals surface area (Å²) in [7, 11) is 0. The first-order valence-corrected chi connectivity index (χ1v) is 4.79. The summed E-state index contributed by atoms with van der Waals surface area (Å²) < 4.78 is 14.7. The van der Waals surface area contributed by atoms with Gasteiger partial charge in [0.1, 0.15) is 0 Å². The Bertz CT molecular complexity index is 307. The first-order valence-electron chi connectivity index (χ1n) is 4.79. The molecular weight excluding hydrogens is 200 g/mol. The number of rotatable bonds is 4. The van der Waals surface area contributed by atoms with Gasteiger partial charge in [0.25, 0.3) is 0 Å². The molecule has 5 heteroatoms. The number of cyclic esters (lactones) is 1. The molecular formula is C10H14O5. The first-order chi connectivity index (χ1) is 7.03. The van der Waals surface area contributed by atoms with Gasteiger partial charge < -0.3 is 14.2 Å². The molecule has 0 aromatic rings. The van der Waals surface area contributed by atoms with Crippen molar-refractivity contribution in [2.45, 2.75) is 26.4 Å². The minimum atomic E-state index is -1.35. The van der Waals surface area contributed by atoms with Crippen molar-refractivity contribution < 1.29 is 23.8 Å². The van der Waals surface area contributed by atoms with E-state index in [0.717, 1.165) is 0 Å². The number of hydrogen-bond acceptors (Lipinski definition) is 5. The van der Waals surface area contributed by atoms with Crippen molar-refractivity contribution in [3.05, 3.63) is 11.8 Å². The van der Waals surface area contributed by atoms with Crippen LogP contribution in [0.25, 0.3) is 0 Å². The van der Waals surface area contributed by atoms with Gasteiger partial charge in [0, 0.05) is 6.08 Å². The predicted octanol–water partition coefficient (Wildman–Crippen LogP) is 0.785. The average molecular weight is 214 g/mol. The van der Waals surface area contributed by atoms with Crippen molar-refractivity contribution in [2.75, 3.05) is 13.2 Å². The third-order valence-electron chi connectivity index (χ3n) is 1.89. The van der Waals surface area contributed by atoms with Crippen molar-refractivity contribution in [2.24, 2.45) is 0 Å². The average Bonchev–Trinajstić information content (AvgIpc) is 2.44. The van der Waals surface area contributed by atoms with Crippen molar-refractivity contribution in [1.82, 2.24) is 0 Å². The first kappa shape index (κ1) is 11.6. The van der Waals surface area contributed by atoms with E-state index in [2.05, 4.69) is 0 Å². The van der Waals surface area contributed by atoms with E-state index in [4.69, 9.17) is 14.2 Å². The second-order valence-corrected chi connectivity index (χ2v) is 3.16. The Morgan fingerprint density at radius 1 is 1.47 bits per heavy atom. The molecule has 0 radical (unpaired) electrons. The third kappa shape index (κ3) is 2.29. The standard InChI is InChI=1S/C10H14O5/c1-4-13-7-6-10(3,15-8(7)11)9(12)14-5-2/h6H,4-5H2,1-3H3. The highest BCUT2D eigenvalue weighted by molar-refractivity contribution is 5.96. The number of hydrogen-bond donors (Lipinski definition) is 0. The molecule has 1 atom stereocenters. The molecule has 5 nitrogen and oxygen atoms in total. The van der Waals surface area contributed by atoms with E-state index in [-0.39, 0.29) is 12.4 Å². The molecule has 0 amide bonds. The summed E-state index contributed by atoms with van der Waals surface area (Å²) in [6, 6.07) is 0. The smallest absolute Gasteiger partial charge is 0.374 e. The summed E-state index contributed by atoms with van der Waals surface area (Å²) in [5.74, 6) is -1.16. The van der Waals surface area contributed by atoms with E-state index in [9.17, 15) is 9.59 Å². The number of carbonyl (C=O) groups is 2. The van der Waals surface area contributed by atoms with Gasteiger partial charge in [0.15, 0.2) is 0 Å². The van der Waals surface area contributed by atoms with Crippen LogP contribution in [0, 0.1) is 0 Å². The Labute approximate surface area is 88.0 Å². The molecule has 84 valence electrons. The maximum absolute atomic E-state index is 11.5. The summed E-state index contributed by atoms with van der Waals surface area (Å²) in [5, 5.41) is 0. The van der Waals surface area contributed by atoms with Crippen LogP contribution in [0.5, 0.6) is 0 Å². The molecule has 0 aromatic carbocycles. The van der Waals surface area contributed by atoms with Crippen LogP contribution in [-0.4, -0.2) is 30.8 Å². The molecule has 0 saturated carbocycles. The van der Waals surface area contributed by atoms with E-state index in [1.54, 1.807) is 13.8 Å². The van der Waals surface area contributed by atoms with E-state index in [0.29, 0.717) is 6.61 Å². The molecule has 0 saturated heterocycles. The lowest BCUT2D eigenvalue weighted by Gasteiger charge is -2.17. The fourth-order valence-corrected chi connectivity index (χ4v) is 1.21. The van der Waals surface area contributed by atoms with Crippen LogP contribution in [-0.2, 0) is 23.8 Å². The summed E-state index contributed by atoms with van der Waals surface area (Å²) >= 11 is 0. The zero-order valence-electron chi connectivity index (χ0n) is 9.03. The lowest BCUT2D eigenvalue weighted by atomic mass is 10.1. The molecule has 0 bridgehead atoms. The Morgan fingerprint density at radius 2 is 2.13 bits per heavy atom. The normalized spacial score (nSPS) is 24.5. The predicted molar refractivity (Wildman–Crippen MR) is 50.8 cm³/mol. The van der Waals surface area contributed by atoms with Gasteiger partial charge in [0.05, 0.1) is 13.2 Å². The molecule has 0 fully saturated rings. The zero-order chi connectivity index (χ0) is 11.5. The highest BCUT2D eigenvalue weighted by Crippen LogP contribution is 2.26. The van der Waals surface area contributed by atoms with Crippen LogP contribution in [0.15, 0.2) is 11.8 Å². The molecule has 0 spiro atoms. The molecule has 1 aliphatic heterocycles. The topological polar surface area (TPSA) is 61.8 Å². The summed E-state index contributed by atoms with van der Waals surface area (Å²) in [6.07, 6.45) is 1.34. The van der Waals surface area contributed by atoms with Gasteiger partial charge in [-0.3, -0.25) is 0 Å². The number of ether oxygens (including phenoxy) is 3.